The Morgan fingerprint density at radius 3 is 2.54 bits per heavy atom. The number of carbonyl (C=O) groups is 3. The Bertz CT molecular complexity index is 586. The van der Waals surface area contributed by atoms with Gasteiger partial charge in [0, 0.05) is 20.3 Å². The predicted octanol–water partition coefficient (Wildman–Crippen LogP) is -0.846. The topological polar surface area (TPSA) is 132 Å². The Balaban J connectivity index is 2.36. The number of nitrogens with zero attached hydrogens (tertiary/aromatic N) is 1. The van der Waals surface area contributed by atoms with Crippen molar-refractivity contribution in [3.05, 3.63) is 29.8 Å². The summed E-state index contributed by atoms with van der Waals surface area (Å²) in [6.07, 6.45) is 1.98. The summed E-state index contributed by atoms with van der Waals surface area (Å²) in [5.41, 5.74) is 7.76. The Morgan fingerprint density at radius 2 is 1.92 bits per heavy atom. The number of rotatable bonds is 9. The van der Waals surface area contributed by atoms with Crippen molar-refractivity contribution >= 4 is 23.9 Å². The summed E-state index contributed by atoms with van der Waals surface area (Å²) in [7, 11) is 1.56. The van der Waals surface area contributed by atoms with Crippen LogP contribution in [-0.4, -0.2) is 50.8 Å². The van der Waals surface area contributed by atoms with Gasteiger partial charge in [0.05, 0.1) is 6.21 Å². The first-order chi connectivity index (χ1) is 11.5. The number of primary amides is 1. The maximum Gasteiger partial charge on any atom is 0.329 e. The molecule has 0 unspecified atom stereocenters. The third kappa shape index (κ3) is 7.90. The number of benzene rings is 1. The standard InChI is InChI=1S/C15H20N4O5/c1-23-8-2-7-17-14(21)15(22)19-18-9-11-3-5-12(6-4-11)24-10-13(16)20/h3-6,9H,2,7-8,10H2,1H3,(H2,16,20)(H,17,21)(H,19,22)/b18-9-. The molecule has 0 aromatic heterocycles. The van der Waals surface area contributed by atoms with E-state index in [1.54, 1.807) is 31.4 Å². The van der Waals surface area contributed by atoms with E-state index in [1.807, 2.05) is 0 Å². The van der Waals surface area contributed by atoms with Crippen LogP contribution in [0.25, 0.3) is 0 Å². The zero-order valence-electron chi connectivity index (χ0n) is 13.3. The second kappa shape index (κ2) is 10.7. The van der Waals surface area contributed by atoms with Gasteiger partial charge in [-0.3, -0.25) is 14.4 Å². The van der Waals surface area contributed by atoms with Gasteiger partial charge in [-0.15, -0.1) is 0 Å². The smallest absolute Gasteiger partial charge is 0.329 e. The Kier molecular flexibility index (Phi) is 8.54. The van der Waals surface area contributed by atoms with Gasteiger partial charge in [-0.1, -0.05) is 0 Å². The molecule has 0 saturated carbocycles. The molecule has 0 bridgehead atoms. The molecule has 1 rings (SSSR count). The van der Waals surface area contributed by atoms with E-state index in [0.29, 0.717) is 30.9 Å². The van der Waals surface area contributed by atoms with Crippen LogP contribution in [0.1, 0.15) is 12.0 Å². The number of methoxy groups -OCH3 is 1. The predicted molar refractivity (Wildman–Crippen MR) is 86.4 cm³/mol. The molecule has 1 aromatic rings. The third-order valence-corrected chi connectivity index (χ3v) is 2.66. The van der Waals surface area contributed by atoms with Crippen LogP contribution in [-0.2, 0) is 19.1 Å². The fraction of sp³-hybridized carbons (Fsp3) is 0.333. The molecule has 130 valence electrons. The monoisotopic (exact) mass is 336 g/mol. The fourth-order valence-electron chi connectivity index (χ4n) is 1.52. The average molecular weight is 336 g/mol. The van der Waals surface area contributed by atoms with Crippen molar-refractivity contribution in [3.63, 3.8) is 0 Å². The summed E-state index contributed by atoms with van der Waals surface area (Å²) in [5.74, 6) is -1.71. The van der Waals surface area contributed by atoms with Crippen molar-refractivity contribution in [1.29, 1.82) is 0 Å². The molecular formula is C15H20N4O5. The lowest BCUT2D eigenvalue weighted by Crippen LogP contribution is -2.38. The molecule has 24 heavy (non-hydrogen) atoms. The molecule has 3 amide bonds. The van der Waals surface area contributed by atoms with Crippen molar-refractivity contribution in [1.82, 2.24) is 10.7 Å². The highest BCUT2D eigenvalue weighted by Crippen LogP contribution is 2.10. The summed E-state index contributed by atoms with van der Waals surface area (Å²) in [6.45, 7) is 0.638. The van der Waals surface area contributed by atoms with Crippen molar-refractivity contribution in [3.8, 4) is 5.75 Å². The lowest BCUT2D eigenvalue weighted by atomic mass is 10.2. The minimum absolute atomic E-state index is 0.205. The molecule has 0 aliphatic heterocycles. The van der Waals surface area contributed by atoms with Gasteiger partial charge >= 0.3 is 11.8 Å². The van der Waals surface area contributed by atoms with Crippen LogP contribution in [0.5, 0.6) is 5.75 Å². The van der Waals surface area contributed by atoms with Gasteiger partial charge in [-0.2, -0.15) is 5.10 Å². The van der Waals surface area contributed by atoms with Gasteiger partial charge in [-0.25, -0.2) is 5.43 Å². The van der Waals surface area contributed by atoms with Gasteiger partial charge in [0.1, 0.15) is 5.75 Å². The van der Waals surface area contributed by atoms with Crippen LogP contribution in [0.3, 0.4) is 0 Å². The van der Waals surface area contributed by atoms with Crippen molar-refractivity contribution in [2.45, 2.75) is 6.42 Å². The molecule has 0 spiro atoms. The quantitative estimate of drug-likeness (QED) is 0.234. The Morgan fingerprint density at radius 1 is 1.21 bits per heavy atom. The Hall–Kier alpha value is -2.94. The van der Waals surface area contributed by atoms with Gasteiger partial charge in [0.2, 0.25) is 0 Å². The number of nitrogens with one attached hydrogen (secondary N) is 2. The second-order valence-electron chi connectivity index (χ2n) is 4.63. The number of ether oxygens (including phenoxy) is 2. The highest BCUT2D eigenvalue weighted by Gasteiger charge is 2.11. The summed E-state index contributed by atoms with van der Waals surface area (Å²) in [5, 5.41) is 6.12. The van der Waals surface area contributed by atoms with Crippen molar-refractivity contribution in [2.75, 3.05) is 26.9 Å². The molecule has 9 nitrogen and oxygen atoms in total. The van der Waals surface area contributed by atoms with E-state index in [-0.39, 0.29) is 6.61 Å². The van der Waals surface area contributed by atoms with E-state index in [2.05, 4.69) is 15.8 Å². The highest BCUT2D eigenvalue weighted by atomic mass is 16.5. The number of carbonyl (C=O) groups excluding carboxylic acids is 3. The first kappa shape index (κ1) is 19.1. The second-order valence-corrected chi connectivity index (χ2v) is 4.63. The molecule has 9 heteroatoms. The molecule has 0 radical (unpaired) electrons. The van der Waals surface area contributed by atoms with Crippen LogP contribution in [0.2, 0.25) is 0 Å². The molecule has 0 aliphatic carbocycles. The molecule has 0 fully saturated rings. The van der Waals surface area contributed by atoms with Crippen LogP contribution in [0.4, 0.5) is 0 Å². The first-order valence-corrected chi connectivity index (χ1v) is 7.14. The van der Waals surface area contributed by atoms with Crippen LogP contribution >= 0.6 is 0 Å². The lowest BCUT2D eigenvalue weighted by Gasteiger charge is -2.04. The number of hydrogen-bond acceptors (Lipinski definition) is 6. The molecule has 1 aromatic carbocycles. The lowest BCUT2D eigenvalue weighted by molar-refractivity contribution is -0.139. The fourth-order valence-corrected chi connectivity index (χ4v) is 1.52. The summed E-state index contributed by atoms with van der Waals surface area (Å²) in [6, 6.07) is 6.57. The number of hydrazone groups is 1. The van der Waals surface area contributed by atoms with Gasteiger partial charge in [0.25, 0.3) is 5.91 Å². The maximum absolute atomic E-state index is 11.5. The van der Waals surface area contributed by atoms with E-state index in [4.69, 9.17) is 15.2 Å². The van der Waals surface area contributed by atoms with Crippen molar-refractivity contribution < 1.29 is 23.9 Å². The Labute approximate surface area is 139 Å². The van der Waals surface area contributed by atoms with E-state index in [9.17, 15) is 14.4 Å². The molecular weight excluding hydrogens is 316 g/mol. The summed E-state index contributed by atoms with van der Waals surface area (Å²) < 4.78 is 9.93. The summed E-state index contributed by atoms with van der Waals surface area (Å²) >= 11 is 0. The minimum atomic E-state index is -0.856. The number of nitrogens with two attached hydrogens (primary N) is 1. The van der Waals surface area contributed by atoms with Gasteiger partial charge < -0.3 is 20.5 Å². The number of hydrogen-bond donors (Lipinski definition) is 3. The molecule has 0 aliphatic rings. The minimum Gasteiger partial charge on any atom is -0.484 e. The first-order valence-electron chi connectivity index (χ1n) is 7.14. The van der Waals surface area contributed by atoms with Gasteiger partial charge in [0.15, 0.2) is 6.61 Å². The van der Waals surface area contributed by atoms with Crippen LogP contribution < -0.4 is 21.2 Å². The van der Waals surface area contributed by atoms with E-state index in [1.165, 1.54) is 6.21 Å². The van der Waals surface area contributed by atoms with E-state index in [0.717, 1.165) is 0 Å². The third-order valence-electron chi connectivity index (χ3n) is 2.66. The van der Waals surface area contributed by atoms with Gasteiger partial charge in [-0.05, 0) is 36.2 Å². The molecule has 0 heterocycles. The number of amides is 3. The molecule has 4 N–H and O–H groups in total. The van der Waals surface area contributed by atoms with Crippen LogP contribution in [0, 0.1) is 0 Å². The zero-order chi connectivity index (χ0) is 17.8. The van der Waals surface area contributed by atoms with E-state index >= 15 is 0 Å². The van der Waals surface area contributed by atoms with E-state index < -0.39 is 17.7 Å². The summed E-state index contributed by atoms with van der Waals surface area (Å²) in [4.78, 5) is 33.5. The maximum atomic E-state index is 11.5. The normalized spacial score (nSPS) is 10.4. The van der Waals surface area contributed by atoms with Crippen molar-refractivity contribution in [2.24, 2.45) is 10.8 Å². The highest BCUT2D eigenvalue weighted by molar-refractivity contribution is 6.35. The zero-order valence-corrected chi connectivity index (χ0v) is 13.3. The van der Waals surface area contributed by atoms with Crippen LogP contribution in [0.15, 0.2) is 29.4 Å². The molecule has 0 atom stereocenters. The molecule has 0 saturated heterocycles. The largest absolute Gasteiger partial charge is 0.484 e. The SMILES string of the molecule is COCCCNC(=O)C(=O)N/N=C\c1ccc(OCC(N)=O)cc1. The average Bonchev–Trinajstić information content (AvgIpc) is 2.57.